The van der Waals surface area contributed by atoms with Crippen LogP contribution >= 0.6 is 0 Å². The first-order chi connectivity index (χ1) is 13.1. The number of carbonyl (C=O) groups is 1. The van der Waals surface area contributed by atoms with Crippen molar-refractivity contribution >= 4 is 5.78 Å². The molecule has 1 aromatic carbocycles. The van der Waals surface area contributed by atoms with Crippen molar-refractivity contribution in [2.75, 3.05) is 20.2 Å². The lowest BCUT2D eigenvalue weighted by atomic mass is 9.51. The van der Waals surface area contributed by atoms with Crippen molar-refractivity contribution < 1.29 is 14.3 Å². The van der Waals surface area contributed by atoms with E-state index in [1.165, 1.54) is 30.5 Å². The summed E-state index contributed by atoms with van der Waals surface area (Å²) in [5.74, 6) is 2.79. The summed E-state index contributed by atoms with van der Waals surface area (Å²) >= 11 is 0. The van der Waals surface area contributed by atoms with Crippen LogP contribution in [0.1, 0.15) is 61.8 Å². The average molecular weight is 367 g/mol. The van der Waals surface area contributed by atoms with Crippen molar-refractivity contribution in [1.29, 1.82) is 0 Å². The zero-order chi connectivity index (χ0) is 18.3. The highest BCUT2D eigenvalue weighted by Gasteiger charge is 2.65. The second-order valence-electron chi connectivity index (χ2n) is 9.51. The van der Waals surface area contributed by atoms with E-state index in [0.29, 0.717) is 24.2 Å². The predicted octanol–water partition coefficient (Wildman–Crippen LogP) is 3.41. The molecule has 2 bridgehead atoms. The van der Waals surface area contributed by atoms with E-state index in [9.17, 15) is 4.79 Å². The van der Waals surface area contributed by atoms with Crippen molar-refractivity contribution in [2.45, 2.75) is 69.1 Å². The van der Waals surface area contributed by atoms with Crippen molar-refractivity contribution in [3.63, 3.8) is 0 Å². The lowest BCUT2D eigenvalue weighted by Gasteiger charge is -2.57. The van der Waals surface area contributed by atoms with Gasteiger partial charge in [0, 0.05) is 42.7 Å². The van der Waals surface area contributed by atoms with E-state index >= 15 is 0 Å². The van der Waals surface area contributed by atoms with Crippen LogP contribution in [0.15, 0.2) is 12.1 Å². The second-order valence-corrected chi connectivity index (χ2v) is 9.51. The smallest absolute Gasteiger partial charge is 0.174 e. The highest BCUT2D eigenvalue weighted by Crippen LogP contribution is 2.62. The minimum Gasteiger partial charge on any atom is -0.481 e. The lowest BCUT2D eigenvalue weighted by molar-refractivity contribution is -0.138. The number of benzene rings is 1. The van der Waals surface area contributed by atoms with Gasteiger partial charge in [-0.2, -0.15) is 0 Å². The number of Topliss-reactive ketones (excluding diaryl/α,β-unsaturated/α-hetero) is 1. The number of rotatable bonds is 4. The Labute approximate surface area is 161 Å². The summed E-state index contributed by atoms with van der Waals surface area (Å²) in [7, 11) is 1.75. The Morgan fingerprint density at radius 2 is 2.19 bits per heavy atom. The Morgan fingerprint density at radius 3 is 2.96 bits per heavy atom. The molecule has 2 unspecified atom stereocenters. The summed E-state index contributed by atoms with van der Waals surface area (Å²) in [5.41, 5.74) is 3.85. The number of hydrogen-bond acceptors (Lipinski definition) is 4. The van der Waals surface area contributed by atoms with Gasteiger partial charge in [-0.1, -0.05) is 12.1 Å². The quantitative estimate of drug-likeness (QED) is 0.817. The molecule has 1 saturated heterocycles. The molecule has 1 spiro atoms. The molecule has 1 aromatic rings. The topological polar surface area (TPSA) is 38.8 Å². The fourth-order valence-electron chi connectivity index (χ4n) is 6.75. The van der Waals surface area contributed by atoms with Gasteiger partial charge in [-0.25, -0.2) is 0 Å². The van der Waals surface area contributed by atoms with Crippen LogP contribution in [0.25, 0.3) is 0 Å². The number of likely N-dealkylation sites (tertiary alicyclic amines) is 1. The van der Waals surface area contributed by atoms with Crippen molar-refractivity contribution in [3.8, 4) is 5.75 Å². The summed E-state index contributed by atoms with van der Waals surface area (Å²) in [6.07, 6.45) is 6.45. The minimum absolute atomic E-state index is 0.0110. The minimum atomic E-state index is -0.263. The summed E-state index contributed by atoms with van der Waals surface area (Å²) in [6.45, 7) is 4.45. The van der Waals surface area contributed by atoms with E-state index in [0.717, 1.165) is 43.0 Å². The molecule has 0 amide bonds. The first-order valence-electron chi connectivity index (χ1n) is 10.8. The Morgan fingerprint density at radius 1 is 1.33 bits per heavy atom. The number of nitrogens with zero attached hydrogens (tertiary/aromatic N) is 1. The second kappa shape index (κ2) is 5.57. The fraction of sp³-hybridized carbons (Fsp3) is 0.696. The van der Waals surface area contributed by atoms with Crippen molar-refractivity contribution in [3.05, 3.63) is 28.8 Å². The normalized spacial score (nSPS) is 37.7. The molecule has 3 fully saturated rings. The molecule has 4 nitrogen and oxygen atoms in total. The van der Waals surface area contributed by atoms with Crippen LogP contribution in [-0.4, -0.2) is 43.0 Å². The molecule has 6 rings (SSSR count). The maximum atomic E-state index is 13.0. The molecule has 2 heterocycles. The van der Waals surface area contributed by atoms with E-state index in [-0.39, 0.29) is 17.6 Å². The molecule has 2 saturated carbocycles. The van der Waals surface area contributed by atoms with Crippen LogP contribution in [0, 0.1) is 11.8 Å². The molecule has 0 radical (unpaired) electrons. The fourth-order valence-corrected chi connectivity index (χ4v) is 6.75. The zero-order valence-electron chi connectivity index (χ0n) is 16.4. The average Bonchev–Trinajstić information content (AvgIpc) is 3.42. The van der Waals surface area contributed by atoms with Gasteiger partial charge in [0.15, 0.2) is 11.9 Å². The van der Waals surface area contributed by atoms with Crippen molar-refractivity contribution in [2.24, 2.45) is 11.8 Å². The maximum absolute atomic E-state index is 13.0. The van der Waals surface area contributed by atoms with Gasteiger partial charge >= 0.3 is 0 Å². The number of hydrogen-bond donors (Lipinski definition) is 0. The molecule has 0 N–H and O–H groups in total. The van der Waals surface area contributed by atoms with Crippen LogP contribution in [-0.2, 0) is 21.4 Å². The summed E-state index contributed by atoms with van der Waals surface area (Å²) in [5, 5.41) is 0. The Balaban J connectivity index is 1.51. The number of piperidine rings is 1. The van der Waals surface area contributed by atoms with Crippen LogP contribution in [0.2, 0.25) is 0 Å². The number of ketones is 1. The largest absolute Gasteiger partial charge is 0.481 e. The van der Waals surface area contributed by atoms with E-state index in [1.54, 1.807) is 7.11 Å². The third-order valence-electron chi connectivity index (χ3n) is 8.26. The molecule has 2 aliphatic heterocycles. The van der Waals surface area contributed by atoms with E-state index in [1.807, 2.05) is 0 Å². The van der Waals surface area contributed by atoms with Gasteiger partial charge in [-0.3, -0.25) is 9.69 Å². The molecule has 144 valence electrons. The molecule has 3 aliphatic carbocycles. The third-order valence-corrected chi connectivity index (χ3v) is 8.26. The van der Waals surface area contributed by atoms with Gasteiger partial charge in [-0.05, 0) is 63.0 Å². The summed E-state index contributed by atoms with van der Waals surface area (Å²) in [6, 6.07) is 5.07. The summed E-state index contributed by atoms with van der Waals surface area (Å²) < 4.78 is 12.1. The van der Waals surface area contributed by atoms with Gasteiger partial charge < -0.3 is 9.47 Å². The van der Waals surface area contributed by atoms with Crippen LogP contribution in [0.4, 0.5) is 0 Å². The highest BCUT2D eigenvalue weighted by atomic mass is 16.5. The maximum Gasteiger partial charge on any atom is 0.174 e. The molecule has 0 aromatic heterocycles. The zero-order valence-corrected chi connectivity index (χ0v) is 16.4. The van der Waals surface area contributed by atoms with Gasteiger partial charge in [0.25, 0.3) is 0 Å². The predicted molar refractivity (Wildman–Crippen MR) is 102 cm³/mol. The van der Waals surface area contributed by atoms with E-state index < -0.39 is 0 Å². The van der Waals surface area contributed by atoms with Gasteiger partial charge in [-0.15, -0.1) is 0 Å². The molecule has 5 atom stereocenters. The highest BCUT2D eigenvalue weighted by molar-refractivity contribution is 5.89. The van der Waals surface area contributed by atoms with Crippen LogP contribution < -0.4 is 4.74 Å². The Kier molecular flexibility index (Phi) is 3.42. The van der Waals surface area contributed by atoms with Gasteiger partial charge in [0.1, 0.15) is 5.75 Å². The molecular weight excluding hydrogens is 338 g/mol. The van der Waals surface area contributed by atoms with E-state index in [4.69, 9.17) is 9.47 Å². The van der Waals surface area contributed by atoms with Crippen molar-refractivity contribution in [1.82, 2.24) is 4.90 Å². The Hall–Kier alpha value is -1.39. The third kappa shape index (κ3) is 2.09. The monoisotopic (exact) mass is 367 g/mol. The van der Waals surface area contributed by atoms with Crippen LogP contribution in [0.3, 0.4) is 0 Å². The Bertz CT molecular complexity index is 816. The van der Waals surface area contributed by atoms with Gasteiger partial charge in [0.2, 0.25) is 0 Å². The molecule has 5 aliphatic rings. The standard InChI is InChI=1S/C23H29NO3/c1-13(26-2)16-6-5-15-11-18-17-7-8-19(25)22-23(17,20(15)21(16)27-22)9-10-24(18)12-14-3-4-14/h5-6,13-14,17-18,22H,3-4,7-12H2,1-2H3/t13?,17-,18+,22?,23-/m0/s1. The number of ether oxygens (including phenoxy) is 2. The first kappa shape index (κ1) is 16.6. The van der Waals surface area contributed by atoms with Crippen LogP contribution in [0.5, 0.6) is 5.75 Å². The summed E-state index contributed by atoms with van der Waals surface area (Å²) in [4.78, 5) is 15.7. The number of carbonyl (C=O) groups excluding carboxylic acids is 1. The first-order valence-corrected chi connectivity index (χ1v) is 10.8. The molecular formula is C23H29NO3. The number of methoxy groups -OCH3 is 1. The van der Waals surface area contributed by atoms with E-state index in [2.05, 4.69) is 24.0 Å². The molecule has 27 heavy (non-hydrogen) atoms. The SMILES string of the molecule is COC(C)c1ccc2c3c1OC1C(=O)CC[C@H]4[C@@H](C2)N(CC2CC2)CC[C@]314. The van der Waals surface area contributed by atoms with Gasteiger partial charge in [0.05, 0.1) is 6.10 Å². The lowest BCUT2D eigenvalue weighted by Crippen LogP contribution is -2.66. The molecule has 4 heteroatoms.